The molecule has 0 bridgehead atoms. The van der Waals surface area contributed by atoms with Crippen molar-refractivity contribution in [2.75, 3.05) is 13.7 Å². The normalized spacial score (nSPS) is 14.9. The van der Waals surface area contributed by atoms with E-state index >= 15 is 0 Å². The summed E-state index contributed by atoms with van der Waals surface area (Å²) >= 11 is 5.70. The van der Waals surface area contributed by atoms with Gasteiger partial charge >= 0.3 is 7.82 Å². The van der Waals surface area contributed by atoms with Crippen molar-refractivity contribution in [3.63, 3.8) is 0 Å². The lowest BCUT2D eigenvalue weighted by Crippen LogP contribution is -1.98. The van der Waals surface area contributed by atoms with E-state index < -0.39 is 7.82 Å². The molecule has 1 aromatic carbocycles. The zero-order chi connectivity index (χ0) is 11.3. The minimum Gasteiger partial charge on any atom is -0.303 e. The molecule has 1 atom stereocenters. The number of phosphoric acid groups is 1. The molecule has 84 valence electrons. The van der Waals surface area contributed by atoms with Crippen LogP contribution in [0.1, 0.15) is 5.56 Å². The maximum Gasteiger partial charge on any atom is 0.471 e. The van der Waals surface area contributed by atoms with Crippen molar-refractivity contribution in [2.45, 2.75) is 6.42 Å². The van der Waals surface area contributed by atoms with Crippen LogP contribution in [0.2, 0.25) is 5.02 Å². The molecule has 0 aromatic heterocycles. The Hall–Kier alpha value is -0.380. The van der Waals surface area contributed by atoms with Crippen LogP contribution in [0.4, 0.5) is 0 Å². The summed E-state index contributed by atoms with van der Waals surface area (Å²) in [5, 5.41) is 0.657. The van der Waals surface area contributed by atoms with Gasteiger partial charge in [0, 0.05) is 12.1 Å². The van der Waals surface area contributed by atoms with Crippen molar-refractivity contribution in [1.82, 2.24) is 0 Å². The quantitative estimate of drug-likeness (QED) is 0.816. The van der Waals surface area contributed by atoms with Gasteiger partial charge in [-0.1, -0.05) is 23.7 Å². The van der Waals surface area contributed by atoms with Crippen LogP contribution in [0.3, 0.4) is 0 Å². The third-order valence-electron chi connectivity index (χ3n) is 1.79. The Morgan fingerprint density at radius 2 is 2.00 bits per heavy atom. The standard InChI is InChI=1S/C9H12ClO4P/c1-13-15(11,12)14-7-6-8-2-4-9(10)5-3-8/h2-5H,6-7H2,1H3,(H,11,12). The molecule has 0 aliphatic rings. The summed E-state index contributed by atoms with van der Waals surface area (Å²) in [4.78, 5) is 8.94. The highest BCUT2D eigenvalue weighted by molar-refractivity contribution is 7.47. The summed E-state index contributed by atoms with van der Waals surface area (Å²) in [6.07, 6.45) is 0.533. The van der Waals surface area contributed by atoms with Crippen molar-refractivity contribution in [2.24, 2.45) is 0 Å². The first-order valence-corrected chi connectivity index (χ1v) is 6.18. The first-order chi connectivity index (χ1) is 7.03. The Balaban J connectivity index is 2.38. The van der Waals surface area contributed by atoms with E-state index in [1.165, 1.54) is 0 Å². The average molecular weight is 251 g/mol. The first kappa shape index (κ1) is 12.7. The highest BCUT2D eigenvalue weighted by Gasteiger charge is 2.17. The number of hydrogen-bond acceptors (Lipinski definition) is 3. The Morgan fingerprint density at radius 1 is 1.40 bits per heavy atom. The molecule has 0 aliphatic heterocycles. The van der Waals surface area contributed by atoms with Crippen molar-refractivity contribution >= 4 is 19.4 Å². The van der Waals surface area contributed by atoms with E-state index in [0.717, 1.165) is 12.7 Å². The molecule has 0 aliphatic carbocycles. The second kappa shape index (κ2) is 5.64. The Morgan fingerprint density at radius 3 is 2.53 bits per heavy atom. The molecule has 0 radical (unpaired) electrons. The minimum absolute atomic E-state index is 0.128. The fourth-order valence-corrected chi connectivity index (χ4v) is 1.54. The third-order valence-corrected chi connectivity index (χ3v) is 3.01. The SMILES string of the molecule is COP(=O)(O)OCCc1ccc(Cl)cc1. The van der Waals surface area contributed by atoms with Crippen LogP contribution in [0.5, 0.6) is 0 Å². The summed E-state index contributed by atoms with van der Waals surface area (Å²) in [6, 6.07) is 7.18. The minimum atomic E-state index is -3.85. The molecule has 1 aromatic rings. The molecule has 0 amide bonds. The molecule has 0 spiro atoms. The second-order valence-electron chi connectivity index (χ2n) is 2.86. The summed E-state index contributed by atoms with van der Waals surface area (Å²) in [5.74, 6) is 0. The molecule has 6 heteroatoms. The van der Waals surface area contributed by atoms with E-state index in [1.807, 2.05) is 12.1 Å². The zero-order valence-electron chi connectivity index (χ0n) is 8.22. The Kier molecular flexibility index (Phi) is 4.77. The summed E-state index contributed by atoms with van der Waals surface area (Å²) in [6.45, 7) is 0.128. The molecule has 0 saturated heterocycles. The molecule has 0 heterocycles. The van der Waals surface area contributed by atoms with Crippen LogP contribution < -0.4 is 0 Å². The first-order valence-electron chi connectivity index (χ1n) is 4.31. The fourth-order valence-electron chi connectivity index (χ4n) is 0.983. The molecular weight excluding hydrogens is 239 g/mol. The molecule has 4 nitrogen and oxygen atoms in total. The van der Waals surface area contributed by atoms with Gasteiger partial charge in [0.05, 0.1) is 6.61 Å². The van der Waals surface area contributed by atoms with Crippen LogP contribution in [-0.4, -0.2) is 18.6 Å². The topological polar surface area (TPSA) is 55.8 Å². The van der Waals surface area contributed by atoms with Gasteiger partial charge in [0.1, 0.15) is 0 Å². The van der Waals surface area contributed by atoms with Gasteiger partial charge in [0.25, 0.3) is 0 Å². The van der Waals surface area contributed by atoms with E-state index in [9.17, 15) is 4.57 Å². The maximum absolute atomic E-state index is 10.9. The molecule has 1 N–H and O–H groups in total. The fraction of sp³-hybridized carbons (Fsp3) is 0.333. The Bertz CT molecular complexity index is 352. The van der Waals surface area contributed by atoms with Crippen molar-refractivity contribution in [3.05, 3.63) is 34.9 Å². The van der Waals surface area contributed by atoms with Gasteiger partial charge in [0.15, 0.2) is 0 Å². The number of halogens is 1. The summed E-state index contributed by atoms with van der Waals surface area (Å²) < 4.78 is 19.8. The van der Waals surface area contributed by atoms with Crippen molar-refractivity contribution in [3.8, 4) is 0 Å². The zero-order valence-corrected chi connectivity index (χ0v) is 9.87. The molecule has 0 saturated carbocycles. The van der Waals surface area contributed by atoms with E-state index in [1.54, 1.807) is 12.1 Å². The lowest BCUT2D eigenvalue weighted by molar-refractivity contribution is 0.175. The van der Waals surface area contributed by atoms with Crippen LogP contribution in [0.15, 0.2) is 24.3 Å². The molecule has 1 rings (SSSR count). The van der Waals surface area contributed by atoms with Crippen molar-refractivity contribution in [1.29, 1.82) is 0 Å². The summed E-state index contributed by atoms with van der Waals surface area (Å²) in [5.41, 5.74) is 0.982. The van der Waals surface area contributed by atoms with Gasteiger partial charge < -0.3 is 4.89 Å². The molecule has 15 heavy (non-hydrogen) atoms. The number of rotatable bonds is 5. The van der Waals surface area contributed by atoms with Gasteiger partial charge in [-0.2, -0.15) is 0 Å². The molecule has 1 unspecified atom stereocenters. The van der Waals surface area contributed by atoms with E-state index in [4.69, 9.17) is 16.5 Å². The average Bonchev–Trinajstić information content (AvgIpc) is 2.21. The van der Waals surface area contributed by atoms with Gasteiger partial charge in [-0.25, -0.2) is 4.57 Å². The van der Waals surface area contributed by atoms with Gasteiger partial charge in [0.2, 0.25) is 0 Å². The maximum atomic E-state index is 10.9. The third kappa shape index (κ3) is 4.78. The smallest absolute Gasteiger partial charge is 0.303 e. The number of hydrogen-bond donors (Lipinski definition) is 1. The van der Waals surface area contributed by atoms with E-state index in [0.29, 0.717) is 11.4 Å². The van der Waals surface area contributed by atoms with E-state index in [-0.39, 0.29) is 6.61 Å². The van der Waals surface area contributed by atoms with Gasteiger partial charge in [-0.3, -0.25) is 9.05 Å². The van der Waals surface area contributed by atoms with Crippen LogP contribution >= 0.6 is 19.4 Å². The lowest BCUT2D eigenvalue weighted by Gasteiger charge is -2.08. The predicted octanol–water partition coefficient (Wildman–Crippen LogP) is 2.65. The predicted molar refractivity (Wildman–Crippen MR) is 57.9 cm³/mol. The highest BCUT2D eigenvalue weighted by Crippen LogP contribution is 2.41. The van der Waals surface area contributed by atoms with E-state index in [2.05, 4.69) is 9.05 Å². The van der Waals surface area contributed by atoms with Gasteiger partial charge in [-0.15, -0.1) is 0 Å². The largest absolute Gasteiger partial charge is 0.471 e. The Labute approximate surface area is 93.4 Å². The van der Waals surface area contributed by atoms with Gasteiger partial charge in [-0.05, 0) is 24.1 Å². The number of phosphoric ester groups is 1. The highest BCUT2D eigenvalue weighted by atomic mass is 35.5. The second-order valence-corrected chi connectivity index (χ2v) is 4.86. The van der Waals surface area contributed by atoms with Crippen LogP contribution in [0.25, 0.3) is 0 Å². The number of benzene rings is 1. The lowest BCUT2D eigenvalue weighted by atomic mass is 10.2. The molecule has 0 fully saturated rings. The van der Waals surface area contributed by atoms with Crippen LogP contribution in [0, 0.1) is 0 Å². The monoisotopic (exact) mass is 250 g/mol. The summed E-state index contributed by atoms with van der Waals surface area (Å²) in [7, 11) is -2.72. The van der Waals surface area contributed by atoms with Crippen LogP contribution in [-0.2, 0) is 20.0 Å². The van der Waals surface area contributed by atoms with Crippen molar-refractivity contribution < 1.29 is 18.5 Å². The molecular formula is C9H12ClO4P.